The molecule has 4 N–H and O–H groups in total. The van der Waals surface area contributed by atoms with Crippen LogP contribution < -0.4 is 15.8 Å². The smallest absolute Gasteiger partial charge is 0.255 e. The molecule has 1 aliphatic rings. The van der Waals surface area contributed by atoms with Gasteiger partial charge in [0.05, 0.1) is 11.0 Å². The first-order chi connectivity index (χ1) is 13.3. The van der Waals surface area contributed by atoms with Crippen molar-refractivity contribution in [2.75, 3.05) is 18.5 Å². The summed E-state index contributed by atoms with van der Waals surface area (Å²) in [5, 5.41) is 2.65. The molecule has 9 heteroatoms. The van der Waals surface area contributed by atoms with Crippen molar-refractivity contribution in [1.29, 1.82) is 0 Å². The summed E-state index contributed by atoms with van der Waals surface area (Å²) in [6.07, 6.45) is 1.62. The Balaban J connectivity index is 1.69. The maximum Gasteiger partial charge on any atom is 0.255 e. The largest absolute Gasteiger partial charge is 0.377 e. The average molecular weight is 403 g/mol. The van der Waals surface area contributed by atoms with E-state index >= 15 is 0 Å². The highest BCUT2D eigenvalue weighted by Crippen LogP contribution is 2.16. The molecule has 0 bridgehead atoms. The summed E-state index contributed by atoms with van der Waals surface area (Å²) < 4.78 is 32.9. The Morgan fingerprint density at radius 1 is 1.11 bits per heavy atom. The molecule has 148 valence electrons. The summed E-state index contributed by atoms with van der Waals surface area (Å²) in [7, 11) is -3.75. The minimum atomic E-state index is -3.75. The minimum Gasteiger partial charge on any atom is -0.377 e. The summed E-state index contributed by atoms with van der Waals surface area (Å²) in [5.74, 6) is -1.03. The number of carbonyl (C=O) groups excluding carboxylic acids is 2. The summed E-state index contributed by atoms with van der Waals surface area (Å²) >= 11 is 0. The maximum atomic E-state index is 12.5. The van der Waals surface area contributed by atoms with Crippen molar-refractivity contribution in [2.24, 2.45) is 5.73 Å². The van der Waals surface area contributed by atoms with Crippen LogP contribution in [0.15, 0.2) is 53.4 Å². The van der Waals surface area contributed by atoms with Gasteiger partial charge in [0.25, 0.3) is 5.91 Å². The van der Waals surface area contributed by atoms with E-state index in [-0.39, 0.29) is 23.1 Å². The molecule has 1 aliphatic heterocycles. The van der Waals surface area contributed by atoms with Crippen molar-refractivity contribution >= 4 is 27.5 Å². The summed E-state index contributed by atoms with van der Waals surface area (Å²) in [5.41, 5.74) is 6.16. The van der Waals surface area contributed by atoms with Crippen LogP contribution in [0.2, 0.25) is 0 Å². The fourth-order valence-corrected chi connectivity index (χ4v) is 3.93. The number of benzene rings is 2. The normalized spacial score (nSPS) is 16.6. The topological polar surface area (TPSA) is 128 Å². The zero-order valence-corrected chi connectivity index (χ0v) is 15.9. The van der Waals surface area contributed by atoms with Gasteiger partial charge in [0.2, 0.25) is 15.9 Å². The molecule has 0 aromatic heterocycles. The molecule has 1 fully saturated rings. The first kappa shape index (κ1) is 20.0. The van der Waals surface area contributed by atoms with Crippen LogP contribution in [0.25, 0.3) is 0 Å². The molecule has 0 spiro atoms. The van der Waals surface area contributed by atoms with Gasteiger partial charge in [-0.3, -0.25) is 9.59 Å². The van der Waals surface area contributed by atoms with Gasteiger partial charge in [-0.05, 0) is 55.3 Å². The molecule has 3 rings (SSSR count). The predicted molar refractivity (Wildman–Crippen MR) is 104 cm³/mol. The van der Waals surface area contributed by atoms with Crippen LogP contribution in [0.4, 0.5) is 5.69 Å². The molecular formula is C19H21N3O5S. The molecule has 1 heterocycles. The molecule has 0 radical (unpaired) electrons. The number of anilines is 1. The van der Waals surface area contributed by atoms with E-state index < -0.39 is 21.8 Å². The summed E-state index contributed by atoms with van der Waals surface area (Å²) in [6.45, 7) is 0.841. The number of rotatable bonds is 7. The number of hydrogen-bond acceptors (Lipinski definition) is 5. The molecule has 28 heavy (non-hydrogen) atoms. The molecule has 0 aliphatic carbocycles. The Morgan fingerprint density at radius 3 is 2.50 bits per heavy atom. The van der Waals surface area contributed by atoms with Gasteiger partial charge in [0.1, 0.15) is 0 Å². The Labute approximate surface area is 163 Å². The predicted octanol–water partition coefficient (Wildman–Crippen LogP) is 1.50. The van der Waals surface area contributed by atoms with Gasteiger partial charge in [0.15, 0.2) is 0 Å². The fraction of sp³-hybridized carbons (Fsp3) is 0.263. The van der Waals surface area contributed by atoms with Crippen LogP contribution >= 0.6 is 0 Å². The lowest BCUT2D eigenvalue weighted by molar-refractivity contribution is 0.0998. The van der Waals surface area contributed by atoms with Gasteiger partial charge in [-0.2, -0.15) is 0 Å². The van der Waals surface area contributed by atoms with Crippen LogP contribution in [0.3, 0.4) is 0 Å². The third kappa shape index (κ3) is 4.94. The Morgan fingerprint density at radius 2 is 1.86 bits per heavy atom. The number of nitrogens with one attached hydrogen (secondary N) is 2. The number of amides is 2. The Kier molecular flexibility index (Phi) is 6.08. The molecule has 0 saturated carbocycles. The molecule has 1 atom stereocenters. The van der Waals surface area contributed by atoms with Gasteiger partial charge in [-0.15, -0.1) is 0 Å². The molecule has 2 aromatic carbocycles. The maximum absolute atomic E-state index is 12.5. The zero-order valence-electron chi connectivity index (χ0n) is 15.1. The summed E-state index contributed by atoms with van der Waals surface area (Å²) in [4.78, 5) is 23.5. The molecule has 2 amide bonds. The van der Waals surface area contributed by atoms with Gasteiger partial charge in [0, 0.05) is 30.0 Å². The highest BCUT2D eigenvalue weighted by atomic mass is 32.2. The SMILES string of the molecule is NC(=O)c1ccc(NC(=O)c2cccc(S(=O)(=O)NC[C@H]3CCCO3)c2)cc1. The minimum absolute atomic E-state index is 0.00206. The van der Waals surface area contributed by atoms with E-state index in [0.717, 1.165) is 12.8 Å². The van der Waals surface area contributed by atoms with Crippen molar-refractivity contribution < 1.29 is 22.7 Å². The quantitative estimate of drug-likeness (QED) is 0.645. The lowest BCUT2D eigenvalue weighted by Crippen LogP contribution is -2.32. The van der Waals surface area contributed by atoms with E-state index in [0.29, 0.717) is 17.9 Å². The van der Waals surface area contributed by atoms with Crippen LogP contribution in [0.1, 0.15) is 33.6 Å². The third-order valence-corrected chi connectivity index (χ3v) is 5.78. The highest BCUT2D eigenvalue weighted by Gasteiger charge is 2.21. The van der Waals surface area contributed by atoms with Crippen LogP contribution in [0, 0.1) is 0 Å². The van der Waals surface area contributed by atoms with E-state index in [1.807, 2.05) is 0 Å². The number of carbonyl (C=O) groups is 2. The number of hydrogen-bond donors (Lipinski definition) is 3. The van der Waals surface area contributed by atoms with E-state index in [1.54, 1.807) is 12.1 Å². The average Bonchev–Trinajstić information content (AvgIpc) is 3.21. The highest BCUT2D eigenvalue weighted by molar-refractivity contribution is 7.89. The third-order valence-electron chi connectivity index (χ3n) is 4.36. The molecule has 2 aromatic rings. The molecule has 0 unspecified atom stereocenters. The number of primary amides is 1. The van der Waals surface area contributed by atoms with Crippen molar-refractivity contribution in [3.8, 4) is 0 Å². The monoisotopic (exact) mass is 403 g/mol. The Hall–Kier alpha value is -2.75. The Bertz CT molecular complexity index is 967. The van der Waals surface area contributed by atoms with Gasteiger partial charge in [-0.1, -0.05) is 6.07 Å². The standard InChI is InChI=1S/C19H21N3O5S/c20-18(23)13-6-8-15(9-7-13)22-19(24)14-3-1-5-17(11-14)28(25,26)21-12-16-4-2-10-27-16/h1,3,5-9,11,16,21H,2,4,10,12H2,(H2,20,23)(H,22,24)/t16-/m1/s1. The second-order valence-electron chi connectivity index (χ2n) is 6.41. The van der Waals surface area contributed by atoms with Crippen LogP contribution in [-0.4, -0.2) is 39.5 Å². The van der Waals surface area contributed by atoms with Crippen LogP contribution in [0.5, 0.6) is 0 Å². The van der Waals surface area contributed by atoms with Gasteiger partial charge < -0.3 is 15.8 Å². The van der Waals surface area contributed by atoms with E-state index in [1.165, 1.54) is 36.4 Å². The lowest BCUT2D eigenvalue weighted by Gasteiger charge is -2.12. The lowest BCUT2D eigenvalue weighted by atomic mass is 10.2. The van der Waals surface area contributed by atoms with E-state index in [2.05, 4.69) is 10.0 Å². The first-order valence-corrected chi connectivity index (χ1v) is 10.3. The van der Waals surface area contributed by atoms with Crippen LogP contribution in [-0.2, 0) is 14.8 Å². The second-order valence-corrected chi connectivity index (χ2v) is 8.18. The fourth-order valence-electron chi connectivity index (χ4n) is 2.82. The molecule has 1 saturated heterocycles. The van der Waals surface area contributed by atoms with Gasteiger partial charge >= 0.3 is 0 Å². The number of ether oxygens (including phenoxy) is 1. The van der Waals surface area contributed by atoms with E-state index in [9.17, 15) is 18.0 Å². The number of nitrogens with two attached hydrogens (primary N) is 1. The molecular weight excluding hydrogens is 382 g/mol. The van der Waals surface area contributed by atoms with Crippen molar-refractivity contribution in [3.63, 3.8) is 0 Å². The van der Waals surface area contributed by atoms with Crippen molar-refractivity contribution in [2.45, 2.75) is 23.8 Å². The number of sulfonamides is 1. The van der Waals surface area contributed by atoms with Gasteiger partial charge in [-0.25, -0.2) is 13.1 Å². The molecule has 8 nitrogen and oxygen atoms in total. The van der Waals surface area contributed by atoms with E-state index in [4.69, 9.17) is 10.5 Å². The van der Waals surface area contributed by atoms with Crippen molar-refractivity contribution in [1.82, 2.24) is 4.72 Å². The first-order valence-electron chi connectivity index (χ1n) is 8.78. The summed E-state index contributed by atoms with van der Waals surface area (Å²) in [6, 6.07) is 11.8. The second kappa shape index (κ2) is 8.51. The zero-order chi connectivity index (χ0) is 20.1. The van der Waals surface area contributed by atoms with Crippen molar-refractivity contribution in [3.05, 3.63) is 59.7 Å².